The van der Waals surface area contributed by atoms with Crippen LogP contribution in [0.25, 0.3) is 0 Å². The fourth-order valence-electron chi connectivity index (χ4n) is 3.87. The Bertz CT molecular complexity index is 676. The van der Waals surface area contributed by atoms with Gasteiger partial charge in [-0.25, -0.2) is 0 Å². The van der Waals surface area contributed by atoms with E-state index in [1.165, 1.54) is 32.1 Å². The van der Waals surface area contributed by atoms with E-state index in [2.05, 4.69) is 24.5 Å². The van der Waals surface area contributed by atoms with E-state index < -0.39 is 0 Å². The first-order valence-electron chi connectivity index (χ1n) is 9.64. The first-order chi connectivity index (χ1) is 12.8. The van der Waals surface area contributed by atoms with Crippen LogP contribution in [0.15, 0.2) is 36.9 Å². The van der Waals surface area contributed by atoms with E-state index in [1.807, 2.05) is 18.2 Å². The second-order valence-corrected chi connectivity index (χ2v) is 7.30. The Hall–Kier alpha value is -2.07. The molecule has 0 spiro atoms. The van der Waals surface area contributed by atoms with Gasteiger partial charge >= 0.3 is 0 Å². The van der Waals surface area contributed by atoms with Crippen molar-refractivity contribution >= 4 is 0 Å². The van der Waals surface area contributed by atoms with E-state index in [4.69, 9.17) is 14.7 Å². The summed E-state index contributed by atoms with van der Waals surface area (Å²) < 4.78 is 12.0. The van der Waals surface area contributed by atoms with Gasteiger partial charge in [0.15, 0.2) is 0 Å². The summed E-state index contributed by atoms with van der Waals surface area (Å²) in [4.78, 5) is 0. The highest BCUT2D eigenvalue weighted by atomic mass is 16.6. The molecule has 0 aromatic heterocycles. The van der Waals surface area contributed by atoms with Crippen LogP contribution < -0.4 is 0 Å². The highest BCUT2D eigenvalue weighted by Crippen LogP contribution is 2.35. The maximum absolute atomic E-state index is 8.82. The first-order valence-corrected chi connectivity index (χ1v) is 9.64. The summed E-state index contributed by atoms with van der Waals surface area (Å²) in [5.41, 5.74) is 1.54. The maximum Gasteiger partial charge on any atom is 0.141 e. The van der Waals surface area contributed by atoms with Crippen LogP contribution in [0.4, 0.5) is 0 Å². The molecule has 3 rings (SSSR count). The molecule has 0 N–H and O–H groups in total. The van der Waals surface area contributed by atoms with Crippen molar-refractivity contribution in [1.82, 2.24) is 0 Å². The van der Waals surface area contributed by atoms with Gasteiger partial charge in [0.05, 0.1) is 31.0 Å². The number of nitriles is 1. The van der Waals surface area contributed by atoms with Gasteiger partial charge in [-0.05, 0) is 61.8 Å². The van der Waals surface area contributed by atoms with E-state index in [1.54, 1.807) is 12.1 Å². The molecule has 0 amide bonds. The minimum atomic E-state index is -0.161. The second kappa shape index (κ2) is 9.58. The molecule has 1 aromatic rings. The van der Waals surface area contributed by atoms with Gasteiger partial charge in [0.2, 0.25) is 0 Å². The SMILES string of the molecule is C=CCCC1CCC([C@@H]2CO[C@@H](C#Cc3ccc(C#N)cc3)CO2)CC1. The third-order valence-corrected chi connectivity index (χ3v) is 5.51. The Morgan fingerprint density at radius 2 is 1.77 bits per heavy atom. The molecule has 2 aliphatic rings. The molecule has 1 aliphatic carbocycles. The van der Waals surface area contributed by atoms with Crippen molar-refractivity contribution in [2.45, 2.75) is 50.7 Å². The van der Waals surface area contributed by atoms with Crippen LogP contribution >= 0.6 is 0 Å². The average Bonchev–Trinajstić information content (AvgIpc) is 2.72. The normalized spacial score (nSPS) is 28.4. The smallest absolute Gasteiger partial charge is 0.141 e. The van der Waals surface area contributed by atoms with Crippen molar-refractivity contribution in [3.8, 4) is 17.9 Å². The Labute approximate surface area is 157 Å². The van der Waals surface area contributed by atoms with E-state index in [-0.39, 0.29) is 12.2 Å². The molecule has 1 aromatic carbocycles. The molecule has 1 saturated heterocycles. The quantitative estimate of drug-likeness (QED) is 0.595. The Kier molecular flexibility index (Phi) is 6.89. The van der Waals surface area contributed by atoms with Crippen molar-refractivity contribution < 1.29 is 9.47 Å². The summed E-state index contributed by atoms with van der Waals surface area (Å²) >= 11 is 0. The molecule has 3 nitrogen and oxygen atoms in total. The van der Waals surface area contributed by atoms with Gasteiger partial charge in [0.25, 0.3) is 0 Å². The molecule has 1 aliphatic heterocycles. The molecule has 2 atom stereocenters. The van der Waals surface area contributed by atoms with Gasteiger partial charge in [-0.2, -0.15) is 5.26 Å². The van der Waals surface area contributed by atoms with E-state index in [0.717, 1.165) is 17.9 Å². The predicted octanol–water partition coefficient (Wildman–Crippen LogP) is 4.47. The van der Waals surface area contributed by atoms with Crippen LogP contribution in [0, 0.1) is 35.0 Å². The van der Waals surface area contributed by atoms with Gasteiger partial charge in [-0.15, -0.1) is 6.58 Å². The monoisotopic (exact) mass is 349 g/mol. The zero-order chi connectivity index (χ0) is 18.2. The summed E-state index contributed by atoms with van der Waals surface area (Å²) in [5.74, 6) is 7.74. The van der Waals surface area contributed by atoms with Gasteiger partial charge < -0.3 is 9.47 Å². The number of hydrogen-bond donors (Lipinski definition) is 0. The molecule has 0 radical (unpaired) electrons. The summed E-state index contributed by atoms with van der Waals surface area (Å²) in [5, 5.41) is 8.82. The molecule has 2 fully saturated rings. The molecule has 26 heavy (non-hydrogen) atoms. The lowest BCUT2D eigenvalue weighted by molar-refractivity contribution is -0.138. The number of nitrogens with zero attached hydrogens (tertiary/aromatic N) is 1. The topological polar surface area (TPSA) is 42.2 Å². The van der Waals surface area contributed by atoms with Crippen LogP contribution in [0.2, 0.25) is 0 Å². The molecule has 1 saturated carbocycles. The lowest BCUT2D eigenvalue weighted by atomic mass is 9.77. The molecular formula is C23H27NO2. The van der Waals surface area contributed by atoms with Gasteiger partial charge in [0.1, 0.15) is 6.10 Å². The number of hydrogen-bond acceptors (Lipinski definition) is 3. The van der Waals surface area contributed by atoms with Crippen LogP contribution in [0.1, 0.15) is 49.7 Å². The summed E-state index contributed by atoms with van der Waals surface area (Å²) in [6, 6.07) is 9.40. The van der Waals surface area contributed by atoms with Crippen LogP contribution in [0.3, 0.4) is 0 Å². The molecule has 0 unspecified atom stereocenters. The zero-order valence-corrected chi connectivity index (χ0v) is 15.3. The van der Waals surface area contributed by atoms with E-state index in [0.29, 0.717) is 24.7 Å². The van der Waals surface area contributed by atoms with Crippen molar-refractivity contribution in [2.24, 2.45) is 11.8 Å². The van der Waals surface area contributed by atoms with Crippen LogP contribution in [0.5, 0.6) is 0 Å². The molecule has 1 heterocycles. The van der Waals surface area contributed by atoms with Gasteiger partial charge in [-0.3, -0.25) is 0 Å². The van der Waals surface area contributed by atoms with Crippen LogP contribution in [-0.4, -0.2) is 25.4 Å². The molecule has 136 valence electrons. The Morgan fingerprint density at radius 1 is 1.04 bits per heavy atom. The number of ether oxygens (including phenoxy) is 2. The first kappa shape index (κ1) is 18.7. The summed E-state index contributed by atoms with van der Waals surface area (Å²) in [7, 11) is 0. The predicted molar refractivity (Wildman–Crippen MR) is 102 cm³/mol. The summed E-state index contributed by atoms with van der Waals surface area (Å²) in [6.07, 6.45) is 9.62. The second-order valence-electron chi connectivity index (χ2n) is 7.30. The fraction of sp³-hybridized carbons (Fsp3) is 0.522. The number of benzene rings is 1. The average molecular weight is 349 g/mol. The van der Waals surface area contributed by atoms with Crippen LogP contribution in [-0.2, 0) is 9.47 Å². The molecular weight excluding hydrogens is 322 g/mol. The number of allylic oxidation sites excluding steroid dienone is 1. The lowest BCUT2D eigenvalue weighted by Gasteiger charge is -2.36. The van der Waals surface area contributed by atoms with Crippen molar-refractivity contribution in [3.63, 3.8) is 0 Å². The standard InChI is InChI=1S/C23H27NO2/c1-2-3-4-18-9-12-21(13-10-18)23-17-25-22(16-26-23)14-11-19-5-7-20(15-24)8-6-19/h2,5-8,18,21-23H,1,3-4,9-10,12-13,16-17H2/t18?,21?,22-,23-/m0/s1. The fourth-order valence-corrected chi connectivity index (χ4v) is 3.87. The third kappa shape index (κ3) is 5.21. The summed E-state index contributed by atoms with van der Waals surface area (Å²) in [6.45, 7) is 5.02. The van der Waals surface area contributed by atoms with Gasteiger partial charge in [-0.1, -0.05) is 30.8 Å². The minimum absolute atomic E-state index is 0.161. The van der Waals surface area contributed by atoms with E-state index in [9.17, 15) is 0 Å². The Morgan fingerprint density at radius 3 is 2.38 bits per heavy atom. The zero-order valence-electron chi connectivity index (χ0n) is 15.3. The third-order valence-electron chi connectivity index (χ3n) is 5.51. The van der Waals surface area contributed by atoms with E-state index >= 15 is 0 Å². The van der Waals surface area contributed by atoms with Crippen molar-refractivity contribution in [3.05, 3.63) is 48.0 Å². The highest BCUT2D eigenvalue weighted by Gasteiger charge is 2.31. The number of rotatable bonds is 4. The largest absolute Gasteiger partial charge is 0.372 e. The van der Waals surface area contributed by atoms with Gasteiger partial charge in [0, 0.05) is 5.56 Å². The molecule has 3 heteroatoms. The van der Waals surface area contributed by atoms with Crippen molar-refractivity contribution in [2.75, 3.05) is 13.2 Å². The highest BCUT2D eigenvalue weighted by molar-refractivity contribution is 5.40. The lowest BCUT2D eigenvalue weighted by Crippen LogP contribution is -2.40. The molecule has 0 bridgehead atoms. The van der Waals surface area contributed by atoms with Crippen molar-refractivity contribution in [1.29, 1.82) is 5.26 Å². The minimum Gasteiger partial charge on any atom is -0.372 e. The Balaban J connectivity index is 1.43. The maximum atomic E-state index is 8.82.